The number of fused-ring (bicyclic) bond motifs is 1. The minimum Gasteiger partial charge on any atom is -0.497 e. The number of hydrogen-bond acceptors (Lipinski definition) is 5. The third kappa shape index (κ3) is 7.42. The highest BCUT2D eigenvalue weighted by atomic mass is 16.5. The van der Waals surface area contributed by atoms with Gasteiger partial charge in [0.05, 0.1) is 20.3 Å². The molecule has 4 rings (SSSR count). The fraction of sp³-hybridized carbons (Fsp3) is 0.548. The number of hydrogen-bond donors (Lipinski definition) is 0. The molecule has 0 N–H and O–H groups in total. The van der Waals surface area contributed by atoms with Crippen LogP contribution >= 0.6 is 0 Å². The molecule has 198 valence electrons. The summed E-state index contributed by atoms with van der Waals surface area (Å²) in [6.45, 7) is 21.7. The first-order chi connectivity index (χ1) is 17.4. The molecule has 0 spiro atoms. The number of aryl methyl sites for hydroxylation is 1. The summed E-state index contributed by atoms with van der Waals surface area (Å²) in [6, 6.07) is 12.8. The van der Waals surface area contributed by atoms with E-state index in [-0.39, 0.29) is 0 Å². The second-order valence-electron chi connectivity index (χ2n) is 10.1. The zero-order valence-electron chi connectivity index (χ0n) is 23.3. The highest BCUT2D eigenvalue weighted by Crippen LogP contribution is 2.36. The molecule has 0 aromatic heterocycles. The Bertz CT molecular complexity index is 988. The lowest BCUT2D eigenvalue weighted by Gasteiger charge is -2.32. The van der Waals surface area contributed by atoms with E-state index in [0.717, 1.165) is 75.0 Å². The molecule has 5 nitrogen and oxygen atoms in total. The average molecular weight is 495 g/mol. The van der Waals surface area contributed by atoms with Gasteiger partial charge in [-0.2, -0.15) is 0 Å². The smallest absolute Gasteiger partial charge is 0.164 e. The maximum Gasteiger partial charge on any atom is 0.164 e. The Balaban J connectivity index is 0.00000176. The molecule has 1 unspecified atom stereocenters. The van der Waals surface area contributed by atoms with Gasteiger partial charge in [-0.05, 0) is 60.7 Å². The molecule has 2 heterocycles. The van der Waals surface area contributed by atoms with Gasteiger partial charge in [-0.25, -0.2) is 0 Å². The maximum absolute atomic E-state index is 6.00. The Hall–Kier alpha value is -2.66. The average Bonchev–Trinajstić information content (AvgIpc) is 3.20. The number of likely N-dealkylation sites (tertiary alicyclic amines) is 1. The van der Waals surface area contributed by atoms with E-state index in [1.165, 1.54) is 16.8 Å². The quantitative estimate of drug-likeness (QED) is 0.388. The predicted octanol–water partition coefficient (Wildman–Crippen LogP) is 6.68. The van der Waals surface area contributed by atoms with Crippen LogP contribution in [0.1, 0.15) is 57.2 Å². The third-order valence-corrected chi connectivity index (χ3v) is 6.74. The summed E-state index contributed by atoms with van der Waals surface area (Å²) in [5, 5.41) is 0. The lowest BCUT2D eigenvalue weighted by molar-refractivity contribution is 0.256. The van der Waals surface area contributed by atoms with Crippen LogP contribution < -0.4 is 14.2 Å². The summed E-state index contributed by atoms with van der Waals surface area (Å²) in [6.07, 6.45) is 2.07. The first-order valence-electron chi connectivity index (χ1n) is 13.6. The zero-order chi connectivity index (χ0) is 26.1. The van der Waals surface area contributed by atoms with E-state index in [1.807, 2.05) is 19.9 Å². The molecular weight excluding hydrogens is 448 g/mol. The van der Waals surface area contributed by atoms with E-state index in [9.17, 15) is 0 Å². The van der Waals surface area contributed by atoms with Crippen molar-refractivity contribution in [1.29, 1.82) is 0 Å². The van der Waals surface area contributed by atoms with Crippen molar-refractivity contribution in [3.63, 3.8) is 0 Å². The SMILES string of the molecule is C=C(C1CCN(Cc2cccc(OC)c2)C1)N(Cc1cc(C)c2c(c1)OCCCO2)CC(C)C.CC. The zero-order valence-corrected chi connectivity index (χ0v) is 23.3. The molecular formula is C31H46N2O3. The predicted molar refractivity (Wildman–Crippen MR) is 149 cm³/mol. The third-order valence-electron chi connectivity index (χ3n) is 6.74. The van der Waals surface area contributed by atoms with Crippen molar-refractivity contribution < 1.29 is 14.2 Å². The Morgan fingerprint density at radius 3 is 2.67 bits per heavy atom. The van der Waals surface area contributed by atoms with E-state index in [4.69, 9.17) is 14.2 Å². The second kappa shape index (κ2) is 13.6. The molecule has 1 saturated heterocycles. The number of nitrogens with zero attached hydrogens (tertiary/aromatic N) is 2. The van der Waals surface area contributed by atoms with Crippen LogP contribution in [-0.4, -0.2) is 49.8 Å². The van der Waals surface area contributed by atoms with Gasteiger partial charge in [0.25, 0.3) is 0 Å². The van der Waals surface area contributed by atoms with Gasteiger partial charge in [0.1, 0.15) is 5.75 Å². The van der Waals surface area contributed by atoms with Gasteiger partial charge >= 0.3 is 0 Å². The lowest BCUT2D eigenvalue weighted by atomic mass is 10.0. The lowest BCUT2D eigenvalue weighted by Crippen LogP contribution is -2.31. The summed E-state index contributed by atoms with van der Waals surface area (Å²) in [4.78, 5) is 5.03. The summed E-state index contributed by atoms with van der Waals surface area (Å²) in [5.74, 6) is 3.75. The molecule has 2 aliphatic heterocycles. The monoisotopic (exact) mass is 494 g/mol. The minimum atomic E-state index is 0.478. The number of ether oxygens (including phenoxy) is 3. The van der Waals surface area contributed by atoms with E-state index in [1.54, 1.807) is 7.11 Å². The minimum absolute atomic E-state index is 0.478. The van der Waals surface area contributed by atoms with Gasteiger partial charge in [0.2, 0.25) is 0 Å². The molecule has 5 heteroatoms. The van der Waals surface area contributed by atoms with Crippen LogP contribution in [0, 0.1) is 18.8 Å². The number of rotatable bonds is 9. The normalized spacial score (nSPS) is 17.2. The molecule has 0 aliphatic carbocycles. The van der Waals surface area contributed by atoms with Crippen LogP contribution in [0.5, 0.6) is 17.2 Å². The summed E-state index contributed by atoms with van der Waals surface area (Å²) < 4.78 is 17.3. The van der Waals surface area contributed by atoms with Crippen LogP contribution in [-0.2, 0) is 13.1 Å². The largest absolute Gasteiger partial charge is 0.497 e. The van der Waals surface area contributed by atoms with Crippen molar-refractivity contribution in [2.24, 2.45) is 11.8 Å². The van der Waals surface area contributed by atoms with Crippen LogP contribution in [0.3, 0.4) is 0 Å². The molecule has 1 fully saturated rings. The van der Waals surface area contributed by atoms with Gasteiger partial charge in [-0.15, -0.1) is 0 Å². The second-order valence-corrected chi connectivity index (χ2v) is 10.1. The first-order valence-corrected chi connectivity index (χ1v) is 13.6. The molecule has 0 bridgehead atoms. The maximum atomic E-state index is 6.00. The summed E-state index contributed by atoms with van der Waals surface area (Å²) >= 11 is 0. The number of methoxy groups -OCH3 is 1. The molecule has 2 aromatic carbocycles. The first kappa shape index (κ1) is 27.9. The van der Waals surface area contributed by atoms with Crippen molar-refractivity contribution in [3.8, 4) is 17.2 Å². The Labute approximate surface area is 219 Å². The molecule has 2 aliphatic rings. The molecule has 0 amide bonds. The van der Waals surface area contributed by atoms with E-state index >= 15 is 0 Å². The highest BCUT2D eigenvalue weighted by molar-refractivity contribution is 5.49. The topological polar surface area (TPSA) is 34.2 Å². The highest BCUT2D eigenvalue weighted by Gasteiger charge is 2.28. The van der Waals surface area contributed by atoms with Crippen LogP contribution in [0.25, 0.3) is 0 Å². The Morgan fingerprint density at radius 1 is 1.14 bits per heavy atom. The van der Waals surface area contributed by atoms with E-state index in [2.05, 4.69) is 67.5 Å². The molecule has 0 saturated carbocycles. The number of benzene rings is 2. The molecule has 36 heavy (non-hydrogen) atoms. The van der Waals surface area contributed by atoms with Gasteiger partial charge in [0, 0.05) is 44.2 Å². The molecule has 0 radical (unpaired) electrons. The fourth-order valence-electron chi connectivity index (χ4n) is 5.09. The standard InChI is InChI=1S/C29H40N2O3.C2H6/c1-21(2)17-31(19-25-14-22(3)29-28(16-25)33-12-7-13-34-29)23(4)26-10-11-30(20-26)18-24-8-6-9-27(15-24)32-5;1-2/h6,8-9,14-16,21,26H,4,7,10-13,17-20H2,1-3,5H3;1-2H3. The van der Waals surface area contributed by atoms with Crippen molar-refractivity contribution in [1.82, 2.24) is 9.80 Å². The summed E-state index contributed by atoms with van der Waals surface area (Å²) in [7, 11) is 1.73. The van der Waals surface area contributed by atoms with Crippen molar-refractivity contribution in [2.75, 3.05) is 40.0 Å². The molecule has 1 atom stereocenters. The van der Waals surface area contributed by atoms with Gasteiger partial charge < -0.3 is 19.1 Å². The van der Waals surface area contributed by atoms with Crippen LogP contribution in [0.4, 0.5) is 0 Å². The van der Waals surface area contributed by atoms with E-state index in [0.29, 0.717) is 18.4 Å². The Kier molecular flexibility index (Phi) is 10.5. The van der Waals surface area contributed by atoms with Gasteiger partial charge in [-0.3, -0.25) is 4.90 Å². The van der Waals surface area contributed by atoms with Crippen molar-refractivity contribution in [2.45, 2.75) is 60.5 Å². The Morgan fingerprint density at radius 2 is 1.92 bits per heavy atom. The van der Waals surface area contributed by atoms with Crippen LogP contribution in [0.15, 0.2) is 48.7 Å². The summed E-state index contributed by atoms with van der Waals surface area (Å²) in [5.41, 5.74) is 4.96. The molecule has 2 aromatic rings. The van der Waals surface area contributed by atoms with Crippen LogP contribution in [0.2, 0.25) is 0 Å². The fourth-order valence-corrected chi connectivity index (χ4v) is 5.09. The van der Waals surface area contributed by atoms with Gasteiger partial charge in [0.15, 0.2) is 11.5 Å². The van der Waals surface area contributed by atoms with Crippen molar-refractivity contribution in [3.05, 3.63) is 65.4 Å². The van der Waals surface area contributed by atoms with Gasteiger partial charge in [-0.1, -0.05) is 52.5 Å². The van der Waals surface area contributed by atoms with E-state index < -0.39 is 0 Å². The van der Waals surface area contributed by atoms with Crippen molar-refractivity contribution >= 4 is 0 Å².